The molecule has 0 saturated heterocycles. The number of hydrogen-bond acceptors (Lipinski definition) is 0. The van der Waals surface area contributed by atoms with Crippen LogP contribution < -0.4 is 0 Å². The Bertz CT molecular complexity index is 90.2. The molecule has 0 nitrogen and oxygen atoms in total. The van der Waals surface area contributed by atoms with E-state index in [1.807, 2.05) is 0 Å². The number of hydrogen-bond donors (Lipinski definition) is 0. The quantitative estimate of drug-likeness (QED) is 0.522. The van der Waals surface area contributed by atoms with Gasteiger partial charge in [0.2, 0.25) is 0 Å². The lowest BCUT2D eigenvalue weighted by molar-refractivity contribution is 0.221. The van der Waals surface area contributed by atoms with Gasteiger partial charge in [0.05, 0.1) is 0 Å². The van der Waals surface area contributed by atoms with Crippen molar-refractivity contribution in [3.63, 3.8) is 0 Å². The van der Waals surface area contributed by atoms with Crippen LogP contribution in [0.4, 0.5) is 0 Å². The molecule has 1 unspecified atom stereocenters. The van der Waals surface area contributed by atoms with E-state index < -0.39 is 0 Å². The van der Waals surface area contributed by atoms with Crippen molar-refractivity contribution in [2.75, 3.05) is 0 Å². The predicted octanol–water partition coefficient (Wildman–Crippen LogP) is 4.60. The third-order valence-corrected chi connectivity index (χ3v) is 3.12. The topological polar surface area (TPSA) is 0 Å². The maximum atomic E-state index is 4.10. The molecule has 0 fully saturated rings. The van der Waals surface area contributed by atoms with Crippen molar-refractivity contribution >= 4 is 0 Å². The molecular formula is C12H25. The van der Waals surface area contributed by atoms with Crippen LogP contribution in [0.25, 0.3) is 0 Å². The molecular weight excluding hydrogens is 144 g/mol. The van der Waals surface area contributed by atoms with E-state index in [9.17, 15) is 0 Å². The second-order valence-electron chi connectivity index (χ2n) is 3.96. The molecule has 0 aromatic carbocycles. The summed E-state index contributed by atoms with van der Waals surface area (Å²) in [4.78, 5) is 0. The Morgan fingerprint density at radius 1 is 1.00 bits per heavy atom. The van der Waals surface area contributed by atoms with Crippen LogP contribution in [0, 0.1) is 12.3 Å². The van der Waals surface area contributed by atoms with Gasteiger partial charge in [0.15, 0.2) is 0 Å². The molecule has 1 atom stereocenters. The van der Waals surface area contributed by atoms with Gasteiger partial charge in [0.25, 0.3) is 0 Å². The van der Waals surface area contributed by atoms with Gasteiger partial charge in [-0.2, -0.15) is 0 Å². The molecule has 0 saturated carbocycles. The predicted molar refractivity (Wildman–Crippen MR) is 57.1 cm³/mol. The first-order chi connectivity index (χ1) is 5.74. The molecule has 0 aliphatic rings. The van der Waals surface area contributed by atoms with Crippen LogP contribution in [0.2, 0.25) is 0 Å². The van der Waals surface area contributed by atoms with Gasteiger partial charge in [0, 0.05) is 0 Å². The summed E-state index contributed by atoms with van der Waals surface area (Å²) >= 11 is 0. The maximum absolute atomic E-state index is 4.10. The van der Waals surface area contributed by atoms with Gasteiger partial charge in [-0.3, -0.25) is 0 Å². The highest BCUT2D eigenvalue weighted by molar-refractivity contribution is 4.78. The monoisotopic (exact) mass is 169 g/mol. The van der Waals surface area contributed by atoms with E-state index in [1.54, 1.807) is 0 Å². The first-order valence-corrected chi connectivity index (χ1v) is 5.54. The van der Waals surface area contributed by atoms with Crippen molar-refractivity contribution in [2.45, 2.75) is 65.7 Å². The standard InChI is InChI=1S/C12H25/c1-5-9-11-12(7-3,8-4)10-6-2/h3,5-11H2,1-2,4H3. The van der Waals surface area contributed by atoms with Crippen LogP contribution in [0.5, 0.6) is 0 Å². The molecule has 0 aromatic heterocycles. The van der Waals surface area contributed by atoms with Crippen LogP contribution in [-0.4, -0.2) is 0 Å². The minimum Gasteiger partial charge on any atom is -0.0654 e. The Morgan fingerprint density at radius 3 is 2.00 bits per heavy atom. The van der Waals surface area contributed by atoms with Crippen LogP contribution in [-0.2, 0) is 0 Å². The Labute approximate surface area is 78.8 Å². The highest BCUT2D eigenvalue weighted by Gasteiger charge is 2.23. The second-order valence-corrected chi connectivity index (χ2v) is 3.96. The van der Waals surface area contributed by atoms with Crippen molar-refractivity contribution in [3.05, 3.63) is 6.92 Å². The van der Waals surface area contributed by atoms with E-state index in [4.69, 9.17) is 0 Å². The van der Waals surface area contributed by atoms with Crippen molar-refractivity contribution < 1.29 is 0 Å². The molecule has 0 aliphatic carbocycles. The fourth-order valence-electron chi connectivity index (χ4n) is 1.99. The molecule has 0 rings (SSSR count). The van der Waals surface area contributed by atoms with E-state index in [0.29, 0.717) is 5.41 Å². The van der Waals surface area contributed by atoms with E-state index in [0.717, 1.165) is 6.42 Å². The molecule has 0 N–H and O–H groups in total. The zero-order valence-electron chi connectivity index (χ0n) is 9.16. The lowest BCUT2D eigenvalue weighted by Gasteiger charge is -2.31. The molecule has 0 aromatic rings. The minimum atomic E-state index is 0.574. The summed E-state index contributed by atoms with van der Waals surface area (Å²) in [7, 11) is 0. The third-order valence-electron chi connectivity index (χ3n) is 3.12. The fraction of sp³-hybridized carbons (Fsp3) is 0.917. The molecule has 0 heteroatoms. The summed E-state index contributed by atoms with van der Waals surface area (Å²) in [6.07, 6.45) is 9.20. The molecule has 0 aliphatic heterocycles. The summed E-state index contributed by atoms with van der Waals surface area (Å²) in [6, 6.07) is 0. The summed E-state index contributed by atoms with van der Waals surface area (Å²) in [5.41, 5.74) is 0.574. The van der Waals surface area contributed by atoms with Gasteiger partial charge in [-0.15, -0.1) is 0 Å². The molecule has 0 amide bonds. The van der Waals surface area contributed by atoms with Crippen LogP contribution in [0.1, 0.15) is 65.7 Å². The van der Waals surface area contributed by atoms with Gasteiger partial charge < -0.3 is 0 Å². The van der Waals surface area contributed by atoms with E-state index in [2.05, 4.69) is 27.7 Å². The number of rotatable bonds is 7. The highest BCUT2D eigenvalue weighted by Crippen LogP contribution is 2.36. The van der Waals surface area contributed by atoms with Gasteiger partial charge in [-0.05, 0) is 24.7 Å². The van der Waals surface area contributed by atoms with Gasteiger partial charge in [-0.1, -0.05) is 53.4 Å². The van der Waals surface area contributed by atoms with Crippen molar-refractivity contribution in [1.29, 1.82) is 0 Å². The lowest BCUT2D eigenvalue weighted by Crippen LogP contribution is -2.18. The van der Waals surface area contributed by atoms with Gasteiger partial charge in [-0.25, -0.2) is 0 Å². The fourth-order valence-corrected chi connectivity index (χ4v) is 1.99. The van der Waals surface area contributed by atoms with E-state index in [-0.39, 0.29) is 0 Å². The average molecular weight is 169 g/mol. The van der Waals surface area contributed by atoms with E-state index in [1.165, 1.54) is 38.5 Å². The van der Waals surface area contributed by atoms with Crippen molar-refractivity contribution in [3.8, 4) is 0 Å². The summed E-state index contributed by atoms with van der Waals surface area (Å²) in [5, 5.41) is 0. The molecule has 0 heterocycles. The average Bonchev–Trinajstić information content (AvgIpc) is 2.13. The Kier molecular flexibility index (Phi) is 6.51. The van der Waals surface area contributed by atoms with Crippen LogP contribution in [0.15, 0.2) is 0 Å². The van der Waals surface area contributed by atoms with Gasteiger partial charge >= 0.3 is 0 Å². The minimum absolute atomic E-state index is 0.574. The Morgan fingerprint density at radius 2 is 1.67 bits per heavy atom. The molecule has 1 radical (unpaired) electrons. The Balaban J connectivity index is 3.95. The summed E-state index contributed by atoms with van der Waals surface area (Å²) in [6.45, 7) is 11.0. The zero-order valence-corrected chi connectivity index (χ0v) is 9.16. The summed E-state index contributed by atoms with van der Waals surface area (Å²) < 4.78 is 0. The highest BCUT2D eigenvalue weighted by atomic mass is 14.3. The van der Waals surface area contributed by atoms with Crippen LogP contribution >= 0.6 is 0 Å². The zero-order chi connectivity index (χ0) is 9.45. The molecule has 0 bridgehead atoms. The van der Waals surface area contributed by atoms with Crippen LogP contribution in [0.3, 0.4) is 0 Å². The van der Waals surface area contributed by atoms with Crippen molar-refractivity contribution in [1.82, 2.24) is 0 Å². The maximum Gasteiger partial charge on any atom is -0.0300 e. The third kappa shape index (κ3) is 3.60. The molecule has 73 valence electrons. The molecule has 0 spiro atoms. The van der Waals surface area contributed by atoms with Gasteiger partial charge in [0.1, 0.15) is 0 Å². The normalized spacial score (nSPS) is 12.0. The van der Waals surface area contributed by atoms with Crippen molar-refractivity contribution in [2.24, 2.45) is 5.41 Å². The Hall–Kier alpha value is 0. The first kappa shape index (κ1) is 12.0. The number of unbranched alkanes of at least 4 members (excludes halogenated alkanes) is 1. The second kappa shape index (κ2) is 6.51. The summed E-state index contributed by atoms with van der Waals surface area (Å²) in [5.74, 6) is 0. The molecule has 12 heavy (non-hydrogen) atoms. The lowest BCUT2D eigenvalue weighted by atomic mass is 9.74. The first-order valence-electron chi connectivity index (χ1n) is 5.54. The SMILES string of the molecule is [CH2]CC(CC)(CCC)CCCC. The smallest absolute Gasteiger partial charge is 0.0300 e. The van der Waals surface area contributed by atoms with E-state index >= 15 is 0 Å². The largest absolute Gasteiger partial charge is 0.0654 e.